The zero-order valence-electron chi connectivity index (χ0n) is 15.6. The van der Waals surface area contributed by atoms with E-state index in [0.29, 0.717) is 32.8 Å². The maximum absolute atomic E-state index is 13.0. The van der Waals surface area contributed by atoms with Gasteiger partial charge in [-0.05, 0) is 74.5 Å². The Hall–Kier alpha value is -1.83. The van der Waals surface area contributed by atoms with Crippen LogP contribution in [0.1, 0.15) is 44.1 Å². The van der Waals surface area contributed by atoms with Crippen molar-refractivity contribution in [2.75, 3.05) is 0 Å². The summed E-state index contributed by atoms with van der Waals surface area (Å²) in [4.78, 5) is 13.5. The van der Waals surface area contributed by atoms with Gasteiger partial charge in [-0.15, -0.1) is 5.10 Å². The van der Waals surface area contributed by atoms with Gasteiger partial charge in [0.15, 0.2) is 0 Å². The van der Waals surface area contributed by atoms with Crippen LogP contribution in [0.4, 0.5) is 13.2 Å². The van der Waals surface area contributed by atoms with E-state index >= 15 is 0 Å². The van der Waals surface area contributed by atoms with Crippen molar-refractivity contribution in [3.05, 3.63) is 28.6 Å². The van der Waals surface area contributed by atoms with Crippen molar-refractivity contribution in [2.24, 2.45) is 35.3 Å². The van der Waals surface area contributed by atoms with Crippen LogP contribution in [-0.4, -0.2) is 10.5 Å². The molecule has 1 N–H and O–H groups in total. The first-order valence-electron chi connectivity index (χ1n) is 9.74. The molecule has 2 aromatic rings. The molecule has 150 valence electrons. The molecule has 28 heavy (non-hydrogen) atoms. The van der Waals surface area contributed by atoms with E-state index in [0.717, 1.165) is 42.7 Å². The lowest BCUT2D eigenvalue weighted by Crippen LogP contribution is -2.53. The average molecular weight is 409 g/mol. The first-order chi connectivity index (χ1) is 13.2. The van der Waals surface area contributed by atoms with Crippen molar-refractivity contribution < 1.29 is 18.0 Å². The van der Waals surface area contributed by atoms with Gasteiger partial charge in [0.1, 0.15) is 0 Å². The van der Waals surface area contributed by atoms with Gasteiger partial charge in [0, 0.05) is 7.05 Å². The molecule has 4 fully saturated rings. The number of nitrogens with one attached hydrogen (secondary N) is 1. The summed E-state index contributed by atoms with van der Waals surface area (Å²) in [6.07, 6.45) is 2.26. The number of thiazole rings is 1. The Kier molecular flexibility index (Phi) is 3.96. The first kappa shape index (κ1) is 18.2. The molecule has 8 heteroatoms. The monoisotopic (exact) mass is 409 g/mol. The number of hydrogen-bond acceptors (Lipinski definition) is 3. The molecule has 1 amide bonds. The van der Waals surface area contributed by atoms with Crippen molar-refractivity contribution in [1.29, 1.82) is 0 Å². The predicted molar refractivity (Wildman–Crippen MR) is 100 cm³/mol. The molecular weight excluding hydrogens is 387 g/mol. The van der Waals surface area contributed by atoms with Crippen molar-refractivity contribution >= 4 is 27.5 Å². The molecule has 0 aliphatic heterocycles. The SMILES string of the molecule is Cn1/c(=N/NC(=O)C23CC4CC(CC(C4)C2)C3)sc2cc(C(F)(F)F)ccc21. The molecule has 0 saturated heterocycles. The minimum absolute atomic E-state index is 0.0139. The smallest absolute Gasteiger partial charge is 0.318 e. The summed E-state index contributed by atoms with van der Waals surface area (Å²) < 4.78 is 41.1. The van der Waals surface area contributed by atoms with Crippen LogP contribution in [0.25, 0.3) is 10.2 Å². The van der Waals surface area contributed by atoms with E-state index in [9.17, 15) is 18.0 Å². The number of amides is 1. The Morgan fingerprint density at radius 1 is 1.18 bits per heavy atom. The molecule has 4 saturated carbocycles. The molecule has 6 rings (SSSR count). The Morgan fingerprint density at radius 3 is 2.36 bits per heavy atom. The van der Waals surface area contributed by atoms with E-state index in [1.807, 2.05) is 0 Å². The third kappa shape index (κ3) is 2.88. The molecule has 0 spiro atoms. The minimum Gasteiger partial charge on any atom is -0.318 e. The average Bonchev–Trinajstić information content (AvgIpc) is 2.93. The number of rotatable bonds is 2. The fourth-order valence-electron chi connectivity index (χ4n) is 6.02. The normalized spacial score (nSPS) is 32.3. The van der Waals surface area contributed by atoms with E-state index in [1.165, 1.54) is 25.3 Å². The zero-order valence-corrected chi connectivity index (χ0v) is 16.4. The lowest BCUT2D eigenvalue weighted by atomic mass is 9.49. The molecular formula is C20H22F3N3OS. The third-order valence-electron chi connectivity index (χ3n) is 6.91. The number of carbonyl (C=O) groups excluding carboxylic acids is 1. The van der Waals surface area contributed by atoms with Crippen molar-refractivity contribution in [3.8, 4) is 0 Å². The predicted octanol–water partition coefficient (Wildman–Crippen LogP) is 4.41. The highest BCUT2D eigenvalue weighted by atomic mass is 32.1. The second kappa shape index (κ2) is 6.08. The Labute approximate surface area is 164 Å². The van der Waals surface area contributed by atoms with Gasteiger partial charge in [-0.25, -0.2) is 5.43 Å². The molecule has 4 bridgehead atoms. The van der Waals surface area contributed by atoms with Gasteiger partial charge in [0.05, 0.1) is 21.2 Å². The quantitative estimate of drug-likeness (QED) is 0.734. The van der Waals surface area contributed by atoms with E-state index in [2.05, 4.69) is 10.5 Å². The van der Waals surface area contributed by atoms with E-state index in [1.54, 1.807) is 11.6 Å². The van der Waals surface area contributed by atoms with Gasteiger partial charge in [0.2, 0.25) is 10.7 Å². The highest BCUT2D eigenvalue weighted by Gasteiger charge is 2.54. The molecule has 1 aromatic carbocycles. The van der Waals surface area contributed by atoms with Crippen LogP contribution in [0.3, 0.4) is 0 Å². The number of carbonyl (C=O) groups is 1. The molecule has 0 radical (unpaired) electrons. The van der Waals surface area contributed by atoms with E-state index in [-0.39, 0.29) is 11.3 Å². The number of fused-ring (bicyclic) bond motifs is 1. The van der Waals surface area contributed by atoms with Gasteiger partial charge >= 0.3 is 6.18 Å². The van der Waals surface area contributed by atoms with E-state index in [4.69, 9.17) is 0 Å². The highest BCUT2D eigenvalue weighted by Crippen LogP contribution is 2.60. The minimum atomic E-state index is -4.37. The molecule has 4 aliphatic carbocycles. The number of halogens is 3. The standard InChI is InChI=1S/C20H22F3N3OS/c1-26-15-3-2-14(20(21,22)23)7-16(15)28-18(26)25-24-17(27)19-8-11-4-12(9-19)6-13(5-11)10-19/h2-3,7,11-13H,4-6,8-10H2,1H3,(H,24,27)/b25-18-. The fourth-order valence-corrected chi connectivity index (χ4v) is 7.04. The van der Waals surface area contributed by atoms with Crippen LogP contribution in [-0.2, 0) is 18.0 Å². The second-order valence-corrected chi connectivity index (χ2v) is 9.88. The van der Waals surface area contributed by atoms with Crippen LogP contribution < -0.4 is 10.2 Å². The van der Waals surface area contributed by atoms with Crippen molar-refractivity contribution in [3.63, 3.8) is 0 Å². The molecule has 4 aliphatic rings. The summed E-state index contributed by atoms with van der Waals surface area (Å²) in [5.41, 5.74) is 2.45. The van der Waals surface area contributed by atoms with E-state index < -0.39 is 11.7 Å². The van der Waals surface area contributed by atoms with Crippen LogP contribution in [0.2, 0.25) is 0 Å². The third-order valence-corrected chi connectivity index (χ3v) is 8.00. The summed E-state index contributed by atoms with van der Waals surface area (Å²) >= 11 is 1.15. The summed E-state index contributed by atoms with van der Waals surface area (Å²) in [5, 5.41) is 4.29. The number of alkyl halides is 3. The van der Waals surface area contributed by atoms with Crippen molar-refractivity contribution in [1.82, 2.24) is 9.99 Å². The topological polar surface area (TPSA) is 46.4 Å². The Balaban J connectivity index is 1.43. The van der Waals surface area contributed by atoms with Gasteiger partial charge in [-0.1, -0.05) is 11.3 Å². The second-order valence-electron chi connectivity index (χ2n) is 8.87. The van der Waals surface area contributed by atoms with Crippen LogP contribution in [0, 0.1) is 23.2 Å². The maximum Gasteiger partial charge on any atom is 0.416 e. The molecule has 1 aromatic heterocycles. The lowest BCUT2D eigenvalue weighted by molar-refractivity contribution is -0.146. The fraction of sp³-hybridized carbons (Fsp3) is 0.600. The highest BCUT2D eigenvalue weighted by molar-refractivity contribution is 7.16. The van der Waals surface area contributed by atoms with Gasteiger partial charge in [-0.3, -0.25) is 4.79 Å². The largest absolute Gasteiger partial charge is 0.416 e. The number of aromatic nitrogens is 1. The molecule has 4 nitrogen and oxygen atoms in total. The zero-order chi connectivity index (χ0) is 19.7. The number of nitrogens with zero attached hydrogens (tertiary/aromatic N) is 2. The molecule has 1 heterocycles. The number of aryl methyl sites for hydroxylation is 1. The van der Waals surface area contributed by atoms with Crippen LogP contribution in [0.5, 0.6) is 0 Å². The molecule has 0 atom stereocenters. The van der Waals surface area contributed by atoms with Gasteiger partial charge in [0.25, 0.3) is 0 Å². The van der Waals surface area contributed by atoms with Crippen LogP contribution in [0.15, 0.2) is 23.3 Å². The number of hydrogen-bond donors (Lipinski definition) is 1. The number of benzene rings is 1. The first-order valence-corrected chi connectivity index (χ1v) is 10.6. The van der Waals surface area contributed by atoms with Crippen molar-refractivity contribution in [2.45, 2.75) is 44.7 Å². The summed E-state index contributed by atoms with van der Waals surface area (Å²) in [7, 11) is 1.75. The Morgan fingerprint density at radius 2 is 1.79 bits per heavy atom. The Bertz CT molecular complexity index is 985. The lowest BCUT2D eigenvalue weighted by Gasteiger charge is -2.55. The maximum atomic E-state index is 13.0. The van der Waals surface area contributed by atoms with Gasteiger partial charge < -0.3 is 4.57 Å². The van der Waals surface area contributed by atoms with Gasteiger partial charge in [-0.2, -0.15) is 13.2 Å². The van der Waals surface area contributed by atoms with Crippen LogP contribution >= 0.6 is 11.3 Å². The summed E-state index contributed by atoms with van der Waals surface area (Å²) in [6.45, 7) is 0. The summed E-state index contributed by atoms with van der Waals surface area (Å²) in [6, 6.07) is 3.67. The summed E-state index contributed by atoms with van der Waals surface area (Å²) in [5.74, 6) is 1.98. The molecule has 0 unspecified atom stereocenters.